The van der Waals surface area contributed by atoms with E-state index >= 15 is 0 Å². The van der Waals surface area contributed by atoms with Crippen molar-refractivity contribution >= 4 is 17.5 Å². The van der Waals surface area contributed by atoms with Gasteiger partial charge in [0, 0.05) is 44.2 Å². The monoisotopic (exact) mass is 287 g/mol. The molecule has 1 heterocycles. The van der Waals surface area contributed by atoms with Crippen LogP contribution in [-0.4, -0.2) is 32.0 Å². The Labute approximate surface area is 124 Å². The molecule has 3 rings (SSSR count). The van der Waals surface area contributed by atoms with Gasteiger partial charge < -0.3 is 15.5 Å². The van der Waals surface area contributed by atoms with Crippen molar-refractivity contribution in [1.29, 1.82) is 0 Å². The summed E-state index contributed by atoms with van der Waals surface area (Å²) >= 11 is 0. The number of benzene rings is 1. The molecule has 5 heteroatoms. The van der Waals surface area contributed by atoms with Gasteiger partial charge in [0.05, 0.1) is 0 Å². The van der Waals surface area contributed by atoms with Gasteiger partial charge in [-0.3, -0.25) is 9.59 Å². The molecule has 21 heavy (non-hydrogen) atoms. The van der Waals surface area contributed by atoms with Crippen LogP contribution < -0.4 is 15.5 Å². The number of rotatable bonds is 5. The molecule has 1 fully saturated rings. The van der Waals surface area contributed by atoms with Crippen LogP contribution in [0.2, 0.25) is 0 Å². The van der Waals surface area contributed by atoms with Crippen LogP contribution in [-0.2, 0) is 9.59 Å². The third kappa shape index (κ3) is 3.08. The van der Waals surface area contributed by atoms with Gasteiger partial charge in [0.15, 0.2) is 0 Å². The summed E-state index contributed by atoms with van der Waals surface area (Å²) in [6.45, 7) is 1.28. The van der Waals surface area contributed by atoms with E-state index in [9.17, 15) is 9.59 Å². The van der Waals surface area contributed by atoms with Crippen LogP contribution in [0.4, 0.5) is 5.69 Å². The Kier molecular flexibility index (Phi) is 3.92. The number of nitrogens with one attached hydrogen (secondary N) is 2. The molecule has 1 aliphatic carbocycles. The smallest absolute Gasteiger partial charge is 0.228 e. The molecule has 112 valence electrons. The number of anilines is 1. The maximum atomic E-state index is 12.0. The molecule has 0 spiro atoms. The van der Waals surface area contributed by atoms with E-state index in [0.29, 0.717) is 19.5 Å². The highest BCUT2D eigenvalue weighted by Gasteiger charge is 2.30. The molecule has 0 aromatic heterocycles. The molecule has 0 bridgehead atoms. The van der Waals surface area contributed by atoms with Gasteiger partial charge in [0.1, 0.15) is 0 Å². The summed E-state index contributed by atoms with van der Waals surface area (Å²) < 4.78 is 0. The van der Waals surface area contributed by atoms with Crippen molar-refractivity contribution in [2.45, 2.75) is 25.3 Å². The van der Waals surface area contributed by atoms with E-state index in [0.717, 1.165) is 24.1 Å². The van der Waals surface area contributed by atoms with Crippen LogP contribution in [0.15, 0.2) is 24.3 Å². The number of hydrogen-bond acceptors (Lipinski definition) is 3. The molecule has 2 N–H and O–H groups in total. The zero-order chi connectivity index (χ0) is 14.8. The van der Waals surface area contributed by atoms with Gasteiger partial charge in [0.2, 0.25) is 11.8 Å². The topological polar surface area (TPSA) is 61.4 Å². The molecule has 0 saturated heterocycles. The Balaban J connectivity index is 1.56. The number of amides is 2. The molecule has 1 saturated carbocycles. The maximum Gasteiger partial charge on any atom is 0.228 e. The summed E-state index contributed by atoms with van der Waals surface area (Å²) in [6, 6.07) is 7.99. The minimum Gasteiger partial charge on any atom is -0.355 e. The van der Waals surface area contributed by atoms with Gasteiger partial charge in [-0.1, -0.05) is 18.2 Å². The number of nitrogens with zero attached hydrogens (tertiary/aromatic N) is 1. The molecule has 5 nitrogen and oxygen atoms in total. The van der Waals surface area contributed by atoms with Crippen LogP contribution in [0, 0.1) is 5.92 Å². The lowest BCUT2D eigenvalue weighted by molar-refractivity contribution is -0.122. The van der Waals surface area contributed by atoms with Crippen molar-refractivity contribution in [2.24, 2.45) is 5.92 Å². The standard InChI is InChI=1S/C16H21N3O2/c1-19-14-5-3-2-4-12(14)13(10-15(19)20)17-8-9-18-16(21)11-6-7-11/h2-5,11,13,17H,6-10H2,1H3,(H,18,21). The number of hydrogen-bond donors (Lipinski definition) is 2. The first-order valence-corrected chi connectivity index (χ1v) is 7.53. The largest absolute Gasteiger partial charge is 0.355 e. The normalized spacial score (nSPS) is 21.1. The van der Waals surface area contributed by atoms with Crippen LogP contribution in [0.1, 0.15) is 30.9 Å². The molecule has 2 aliphatic rings. The predicted octanol–water partition coefficient (Wildman–Crippen LogP) is 1.21. The highest BCUT2D eigenvalue weighted by molar-refractivity contribution is 5.96. The van der Waals surface area contributed by atoms with E-state index < -0.39 is 0 Å². The molecule has 1 aliphatic heterocycles. The van der Waals surface area contributed by atoms with E-state index in [2.05, 4.69) is 16.7 Å². The second kappa shape index (κ2) is 5.85. The molecule has 2 amide bonds. The predicted molar refractivity (Wildman–Crippen MR) is 80.9 cm³/mol. The molecule has 1 atom stereocenters. The van der Waals surface area contributed by atoms with Crippen molar-refractivity contribution < 1.29 is 9.59 Å². The van der Waals surface area contributed by atoms with E-state index in [1.165, 1.54) is 0 Å². The lowest BCUT2D eigenvalue weighted by atomic mass is 9.96. The van der Waals surface area contributed by atoms with Gasteiger partial charge in [-0.25, -0.2) is 0 Å². The highest BCUT2D eigenvalue weighted by Crippen LogP contribution is 2.33. The second-order valence-electron chi connectivity index (χ2n) is 5.79. The molecule has 1 aromatic rings. The third-order valence-corrected chi connectivity index (χ3v) is 4.19. The summed E-state index contributed by atoms with van der Waals surface area (Å²) in [5, 5.41) is 6.31. The SMILES string of the molecule is CN1C(=O)CC(NCCNC(=O)C2CC2)c2ccccc21. The van der Waals surface area contributed by atoms with Crippen molar-refractivity contribution in [1.82, 2.24) is 10.6 Å². The third-order valence-electron chi connectivity index (χ3n) is 4.19. The van der Waals surface area contributed by atoms with Gasteiger partial charge in [-0.2, -0.15) is 0 Å². The average Bonchev–Trinajstić information content (AvgIpc) is 3.33. The summed E-state index contributed by atoms with van der Waals surface area (Å²) in [5.74, 6) is 0.528. The number of carbonyl (C=O) groups excluding carboxylic acids is 2. The summed E-state index contributed by atoms with van der Waals surface area (Å²) in [4.78, 5) is 25.3. The Morgan fingerprint density at radius 2 is 2.05 bits per heavy atom. The van der Waals surface area contributed by atoms with Gasteiger partial charge in [-0.15, -0.1) is 0 Å². The summed E-state index contributed by atoms with van der Waals surface area (Å²) in [6.07, 6.45) is 2.51. The van der Waals surface area contributed by atoms with Gasteiger partial charge in [-0.05, 0) is 24.5 Å². The Bertz CT molecular complexity index is 554. The van der Waals surface area contributed by atoms with Crippen LogP contribution in [0.5, 0.6) is 0 Å². The maximum absolute atomic E-state index is 12.0. The lowest BCUT2D eigenvalue weighted by Gasteiger charge is -2.32. The molecule has 1 unspecified atom stereocenters. The fraction of sp³-hybridized carbons (Fsp3) is 0.500. The highest BCUT2D eigenvalue weighted by atomic mass is 16.2. The zero-order valence-electron chi connectivity index (χ0n) is 12.3. The minimum atomic E-state index is 0.0303. The first-order valence-electron chi connectivity index (χ1n) is 7.53. The van der Waals surface area contributed by atoms with E-state index in [1.807, 2.05) is 25.2 Å². The Morgan fingerprint density at radius 1 is 1.29 bits per heavy atom. The molecular weight excluding hydrogens is 266 g/mol. The van der Waals surface area contributed by atoms with Crippen molar-refractivity contribution in [3.05, 3.63) is 29.8 Å². The number of para-hydroxylation sites is 1. The number of fused-ring (bicyclic) bond motifs is 1. The van der Waals surface area contributed by atoms with Gasteiger partial charge in [0.25, 0.3) is 0 Å². The van der Waals surface area contributed by atoms with Gasteiger partial charge >= 0.3 is 0 Å². The molecular formula is C16H21N3O2. The Morgan fingerprint density at radius 3 is 2.81 bits per heavy atom. The second-order valence-corrected chi connectivity index (χ2v) is 5.79. The molecule has 1 aromatic carbocycles. The zero-order valence-corrected chi connectivity index (χ0v) is 12.3. The van der Waals surface area contributed by atoms with Crippen molar-refractivity contribution in [3.8, 4) is 0 Å². The quantitative estimate of drug-likeness (QED) is 0.800. The van der Waals surface area contributed by atoms with E-state index in [-0.39, 0.29) is 23.8 Å². The first kappa shape index (κ1) is 14.1. The van der Waals surface area contributed by atoms with E-state index in [1.54, 1.807) is 4.90 Å². The average molecular weight is 287 g/mol. The number of carbonyl (C=O) groups is 2. The minimum absolute atomic E-state index is 0.0303. The van der Waals surface area contributed by atoms with Crippen LogP contribution >= 0.6 is 0 Å². The first-order chi connectivity index (χ1) is 10.2. The van der Waals surface area contributed by atoms with Crippen LogP contribution in [0.25, 0.3) is 0 Å². The Hall–Kier alpha value is -1.88. The van der Waals surface area contributed by atoms with Crippen LogP contribution in [0.3, 0.4) is 0 Å². The summed E-state index contributed by atoms with van der Waals surface area (Å²) in [5.41, 5.74) is 2.11. The summed E-state index contributed by atoms with van der Waals surface area (Å²) in [7, 11) is 1.81. The van der Waals surface area contributed by atoms with Crippen molar-refractivity contribution in [3.63, 3.8) is 0 Å². The van der Waals surface area contributed by atoms with E-state index in [4.69, 9.17) is 0 Å². The van der Waals surface area contributed by atoms with Crippen molar-refractivity contribution in [2.75, 3.05) is 25.0 Å². The fourth-order valence-electron chi connectivity index (χ4n) is 2.75. The lowest BCUT2D eigenvalue weighted by Crippen LogP contribution is -2.40. The molecule has 0 radical (unpaired) electrons. The fourth-order valence-corrected chi connectivity index (χ4v) is 2.75.